The van der Waals surface area contributed by atoms with Crippen molar-refractivity contribution in [2.45, 2.75) is 11.8 Å². The summed E-state index contributed by atoms with van der Waals surface area (Å²) in [5.41, 5.74) is 1.26. The lowest BCUT2D eigenvalue weighted by Crippen LogP contribution is -1.79. The molecule has 1 nitrogen and oxygen atoms in total. The van der Waals surface area contributed by atoms with Crippen LogP contribution in [0.25, 0.3) is 0 Å². The standard InChI is InChI=1S/C7H9NS/c1-6-3-2-4-7(5-6)9-8/h2-5H,8H2,1H3. The van der Waals surface area contributed by atoms with Gasteiger partial charge in [-0.15, -0.1) is 0 Å². The fourth-order valence-electron chi connectivity index (χ4n) is 0.689. The van der Waals surface area contributed by atoms with Crippen LogP contribution in [0.15, 0.2) is 29.2 Å². The second-order valence-electron chi connectivity index (χ2n) is 1.93. The number of hydrogen-bond donors (Lipinski definition) is 1. The van der Waals surface area contributed by atoms with E-state index in [1.165, 1.54) is 17.5 Å². The van der Waals surface area contributed by atoms with Gasteiger partial charge in [-0.25, -0.2) is 0 Å². The third-order valence-corrected chi connectivity index (χ3v) is 1.65. The van der Waals surface area contributed by atoms with Gasteiger partial charge in [-0.3, -0.25) is 5.14 Å². The summed E-state index contributed by atoms with van der Waals surface area (Å²) in [5.74, 6) is 0. The first kappa shape index (κ1) is 6.65. The van der Waals surface area contributed by atoms with E-state index >= 15 is 0 Å². The number of hydrogen-bond acceptors (Lipinski definition) is 2. The minimum atomic E-state index is 1.12. The summed E-state index contributed by atoms with van der Waals surface area (Å²) >= 11 is 1.28. The van der Waals surface area contributed by atoms with Crippen molar-refractivity contribution in [3.63, 3.8) is 0 Å². The highest BCUT2D eigenvalue weighted by atomic mass is 32.2. The Kier molecular flexibility index (Phi) is 2.14. The van der Waals surface area contributed by atoms with Gasteiger partial charge in [0.1, 0.15) is 0 Å². The Labute approximate surface area is 59.4 Å². The normalized spacial score (nSPS) is 9.56. The molecule has 9 heavy (non-hydrogen) atoms. The van der Waals surface area contributed by atoms with E-state index in [9.17, 15) is 0 Å². The van der Waals surface area contributed by atoms with Gasteiger partial charge in [-0.2, -0.15) is 0 Å². The van der Waals surface area contributed by atoms with Gasteiger partial charge >= 0.3 is 0 Å². The maximum Gasteiger partial charge on any atom is 0.0228 e. The fraction of sp³-hybridized carbons (Fsp3) is 0.143. The molecule has 1 aromatic rings. The number of benzene rings is 1. The van der Waals surface area contributed by atoms with Gasteiger partial charge < -0.3 is 0 Å². The molecule has 0 unspecified atom stereocenters. The molecule has 0 spiro atoms. The summed E-state index contributed by atoms with van der Waals surface area (Å²) < 4.78 is 0. The molecule has 1 rings (SSSR count). The molecular formula is C7H9NS. The van der Waals surface area contributed by atoms with Crippen LogP contribution in [0.2, 0.25) is 0 Å². The number of aryl methyl sites for hydroxylation is 1. The van der Waals surface area contributed by atoms with Crippen LogP contribution < -0.4 is 5.14 Å². The molecule has 48 valence electrons. The molecule has 0 aromatic heterocycles. The predicted molar refractivity (Wildman–Crippen MR) is 41.2 cm³/mol. The molecule has 0 aliphatic rings. The van der Waals surface area contributed by atoms with E-state index < -0.39 is 0 Å². The van der Waals surface area contributed by atoms with Crippen LogP contribution in [0.1, 0.15) is 5.56 Å². The monoisotopic (exact) mass is 139 g/mol. The molecule has 0 aliphatic heterocycles. The van der Waals surface area contributed by atoms with Crippen molar-refractivity contribution in [3.8, 4) is 0 Å². The summed E-state index contributed by atoms with van der Waals surface area (Å²) in [6.45, 7) is 2.06. The maximum atomic E-state index is 5.34. The van der Waals surface area contributed by atoms with E-state index in [0.29, 0.717) is 0 Å². The predicted octanol–water partition coefficient (Wildman–Crippen LogP) is 1.96. The zero-order valence-corrected chi connectivity index (χ0v) is 6.11. The lowest BCUT2D eigenvalue weighted by Gasteiger charge is -1.94. The van der Waals surface area contributed by atoms with E-state index in [-0.39, 0.29) is 0 Å². The van der Waals surface area contributed by atoms with Crippen LogP contribution in [-0.4, -0.2) is 0 Å². The lowest BCUT2D eigenvalue weighted by atomic mass is 10.2. The van der Waals surface area contributed by atoms with Crippen molar-refractivity contribution in [3.05, 3.63) is 29.8 Å². The Morgan fingerprint density at radius 1 is 1.44 bits per heavy atom. The number of nitrogens with two attached hydrogens (primary N) is 1. The molecule has 0 fully saturated rings. The van der Waals surface area contributed by atoms with Crippen LogP contribution >= 0.6 is 11.9 Å². The van der Waals surface area contributed by atoms with Gasteiger partial charge in [0, 0.05) is 4.90 Å². The van der Waals surface area contributed by atoms with Gasteiger partial charge in [0.2, 0.25) is 0 Å². The second kappa shape index (κ2) is 2.90. The van der Waals surface area contributed by atoms with Gasteiger partial charge in [0.25, 0.3) is 0 Å². The second-order valence-corrected chi connectivity index (χ2v) is 2.64. The lowest BCUT2D eigenvalue weighted by molar-refractivity contribution is 1.36. The molecule has 1 aromatic carbocycles. The highest BCUT2D eigenvalue weighted by molar-refractivity contribution is 7.97. The molecule has 0 radical (unpaired) electrons. The molecule has 0 amide bonds. The summed E-state index contributed by atoms with van der Waals surface area (Å²) in [4.78, 5) is 1.12. The quantitative estimate of drug-likeness (QED) is 0.602. The third-order valence-electron chi connectivity index (χ3n) is 1.13. The Morgan fingerprint density at radius 3 is 2.67 bits per heavy atom. The van der Waals surface area contributed by atoms with Crippen molar-refractivity contribution in [1.29, 1.82) is 0 Å². The average molecular weight is 139 g/mol. The largest absolute Gasteiger partial charge is 0.274 e. The van der Waals surface area contributed by atoms with Gasteiger partial charge in [-0.1, -0.05) is 12.1 Å². The molecule has 0 saturated heterocycles. The van der Waals surface area contributed by atoms with Crippen molar-refractivity contribution in [1.82, 2.24) is 0 Å². The topological polar surface area (TPSA) is 26.0 Å². The molecule has 0 saturated carbocycles. The SMILES string of the molecule is Cc1cccc(SN)c1. The Bertz CT molecular complexity index is 198. The van der Waals surface area contributed by atoms with Gasteiger partial charge in [0.05, 0.1) is 0 Å². The first-order valence-corrected chi connectivity index (χ1v) is 3.64. The van der Waals surface area contributed by atoms with Crippen molar-refractivity contribution < 1.29 is 0 Å². The van der Waals surface area contributed by atoms with Crippen LogP contribution in [0.4, 0.5) is 0 Å². The minimum Gasteiger partial charge on any atom is -0.274 e. The zero-order chi connectivity index (χ0) is 6.69. The molecule has 0 heterocycles. The molecule has 0 atom stereocenters. The molecule has 2 heteroatoms. The molecular weight excluding hydrogens is 130 g/mol. The molecule has 2 N–H and O–H groups in total. The van der Waals surface area contributed by atoms with E-state index in [4.69, 9.17) is 5.14 Å². The first-order chi connectivity index (χ1) is 4.33. The smallest absolute Gasteiger partial charge is 0.0228 e. The summed E-state index contributed by atoms with van der Waals surface area (Å²) in [5, 5.41) is 5.34. The molecule has 0 bridgehead atoms. The fourth-order valence-corrected chi connectivity index (χ4v) is 1.10. The Hall–Kier alpha value is -0.470. The minimum absolute atomic E-state index is 1.12. The average Bonchev–Trinajstić information content (AvgIpc) is 1.88. The van der Waals surface area contributed by atoms with Gasteiger partial charge in [0.15, 0.2) is 0 Å². The van der Waals surface area contributed by atoms with E-state index in [1.54, 1.807) is 0 Å². The highest BCUT2D eigenvalue weighted by Gasteiger charge is 1.87. The van der Waals surface area contributed by atoms with E-state index in [0.717, 1.165) is 4.90 Å². The highest BCUT2D eigenvalue weighted by Crippen LogP contribution is 2.11. The van der Waals surface area contributed by atoms with Crippen molar-refractivity contribution in [2.75, 3.05) is 0 Å². The number of rotatable bonds is 1. The summed E-state index contributed by atoms with van der Waals surface area (Å²) in [6, 6.07) is 8.12. The van der Waals surface area contributed by atoms with E-state index in [1.807, 2.05) is 12.1 Å². The van der Waals surface area contributed by atoms with Crippen LogP contribution in [0.5, 0.6) is 0 Å². The van der Waals surface area contributed by atoms with Crippen molar-refractivity contribution in [2.24, 2.45) is 5.14 Å². The van der Waals surface area contributed by atoms with Crippen molar-refractivity contribution >= 4 is 11.9 Å². The van der Waals surface area contributed by atoms with E-state index in [2.05, 4.69) is 19.1 Å². The Balaban J connectivity index is 2.94. The third kappa shape index (κ3) is 1.73. The maximum absolute atomic E-state index is 5.34. The first-order valence-electron chi connectivity index (χ1n) is 2.76. The van der Waals surface area contributed by atoms with Crippen LogP contribution in [-0.2, 0) is 0 Å². The van der Waals surface area contributed by atoms with Crippen LogP contribution in [0, 0.1) is 6.92 Å². The summed E-state index contributed by atoms with van der Waals surface area (Å²) in [6.07, 6.45) is 0. The van der Waals surface area contributed by atoms with Crippen LogP contribution in [0.3, 0.4) is 0 Å². The molecule has 0 aliphatic carbocycles. The summed E-state index contributed by atoms with van der Waals surface area (Å²) in [7, 11) is 0. The Morgan fingerprint density at radius 2 is 2.22 bits per heavy atom. The zero-order valence-electron chi connectivity index (χ0n) is 5.29. The van der Waals surface area contributed by atoms with Gasteiger partial charge in [-0.05, 0) is 36.6 Å².